The zero-order valence-electron chi connectivity index (χ0n) is 27.9. The van der Waals surface area contributed by atoms with E-state index < -0.39 is 29.2 Å². The van der Waals surface area contributed by atoms with Gasteiger partial charge >= 0.3 is 12.1 Å². The van der Waals surface area contributed by atoms with Gasteiger partial charge in [-0.15, -0.1) is 0 Å². The molecular weight excluding hydrogens is 598 g/mol. The number of benzene rings is 3. The molecule has 0 bridgehead atoms. The summed E-state index contributed by atoms with van der Waals surface area (Å²) in [6, 6.07) is 21.9. The van der Waals surface area contributed by atoms with Crippen LogP contribution in [0, 0.1) is 0 Å². The molecule has 4 N–H and O–H groups in total. The van der Waals surface area contributed by atoms with E-state index in [0.717, 1.165) is 27.8 Å². The average molecular weight is 644 g/mol. The number of carbonyl (C=O) groups is 4. The Morgan fingerprint density at radius 1 is 0.894 bits per heavy atom. The van der Waals surface area contributed by atoms with Gasteiger partial charge in [-0.2, -0.15) is 0 Å². The van der Waals surface area contributed by atoms with E-state index in [0.29, 0.717) is 25.2 Å². The van der Waals surface area contributed by atoms with Gasteiger partial charge in [0.15, 0.2) is 0 Å². The molecule has 0 radical (unpaired) electrons. The summed E-state index contributed by atoms with van der Waals surface area (Å²) in [6.07, 6.45) is -0.128. The van der Waals surface area contributed by atoms with Crippen molar-refractivity contribution >= 4 is 29.6 Å². The lowest BCUT2D eigenvalue weighted by molar-refractivity contribution is -0.140. The van der Waals surface area contributed by atoms with E-state index in [-0.39, 0.29) is 25.2 Å². The van der Waals surface area contributed by atoms with Gasteiger partial charge in [0, 0.05) is 25.7 Å². The number of fused-ring (bicyclic) bond motifs is 1. The van der Waals surface area contributed by atoms with Gasteiger partial charge in [0.1, 0.15) is 17.2 Å². The van der Waals surface area contributed by atoms with Crippen LogP contribution >= 0.6 is 0 Å². The predicted octanol–water partition coefficient (Wildman–Crippen LogP) is 4.99. The van der Waals surface area contributed by atoms with Crippen LogP contribution in [0.2, 0.25) is 0 Å². The van der Waals surface area contributed by atoms with E-state index in [4.69, 9.17) is 9.47 Å². The van der Waals surface area contributed by atoms with Crippen LogP contribution in [-0.4, -0.2) is 66.2 Å². The molecule has 1 atom stereocenters. The lowest BCUT2D eigenvalue weighted by Crippen LogP contribution is -2.60. The SMILES string of the molecule is CNC(=O)Nc1ccccc1-c1ccc2c(c1)CCN(C(=O)C(COCc1ccccc1)NC(=O)C(C)(C)NC(=O)OC(C)(C)C)C2. The average Bonchev–Trinajstić information content (AvgIpc) is 3.02. The summed E-state index contributed by atoms with van der Waals surface area (Å²) in [6.45, 7) is 9.32. The molecule has 0 fully saturated rings. The molecular formula is C36H45N5O6. The Hall–Kier alpha value is -4.90. The molecule has 1 heterocycles. The molecule has 0 saturated carbocycles. The zero-order chi connectivity index (χ0) is 34.2. The summed E-state index contributed by atoms with van der Waals surface area (Å²) < 4.78 is 11.3. The third kappa shape index (κ3) is 9.79. The van der Waals surface area contributed by atoms with E-state index in [1.54, 1.807) is 46.6 Å². The van der Waals surface area contributed by atoms with Crippen molar-refractivity contribution in [2.75, 3.05) is 25.5 Å². The Bertz CT molecular complexity index is 1580. The van der Waals surface area contributed by atoms with Crippen molar-refractivity contribution in [3.63, 3.8) is 0 Å². The fraction of sp³-hybridized carbons (Fsp3) is 0.389. The predicted molar refractivity (Wildman–Crippen MR) is 181 cm³/mol. The van der Waals surface area contributed by atoms with Crippen molar-refractivity contribution < 1.29 is 28.7 Å². The number of urea groups is 1. The van der Waals surface area contributed by atoms with Crippen LogP contribution in [0.5, 0.6) is 0 Å². The van der Waals surface area contributed by atoms with Gasteiger partial charge in [-0.1, -0.05) is 66.7 Å². The number of hydrogen-bond acceptors (Lipinski definition) is 6. The van der Waals surface area contributed by atoms with Gasteiger partial charge in [0.05, 0.1) is 18.9 Å². The van der Waals surface area contributed by atoms with Crippen molar-refractivity contribution in [3.05, 3.63) is 89.5 Å². The first-order valence-electron chi connectivity index (χ1n) is 15.7. The quantitative estimate of drug-likeness (QED) is 0.246. The molecule has 11 heteroatoms. The number of nitrogens with zero attached hydrogens (tertiary/aromatic N) is 1. The molecule has 4 rings (SSSR count). The number of amides is 5. The van der Waals surface area contributed by atoms with Gasteiger partial charge in [0.2, 0.25) is 11.8 Å². The van der Waals surface area contributed by atoms with E-state index in [2.05, 4.69) is 27.3 Å². The Morgan fingerprint density at radius 2 is 1.60 bits per heavy atom. The highest BCUT2D eigenvalue weighted by Gasteiger charge is 2.36. The molecule has 3 aromatic carbocycles. The lowest BCUT2D eigenvalue weighted by atomic mass is 9.93. The van der Waals surface area contributed by atoms with Crippen LogP contribution in [0.1, 0.15) is 51.3 Å². The van der Waals surface area contributed by atoms with Gasteiger partial charge < -0.3 is 35.6 Å². The molecule has 1 aliphatic heterocycles. The van der Waals surface area contributed by atoms with E-state index in [1.165, 1.54) is 0 Å². The van der Waals surface area contributed by atoms with E-state index in [9.17, 15) is 19.2 Å². The molecule has 47 heavy (non-hydrogen) atoms. The highest BCUT2D eigenvalue weighted by Crippen LogP contribution is 2.31. The first-order valence-corrected chi connectivity index (χ1v) is 15.7. The topological polar surface area (TPSA) is 138 Å². The number of para-hydroxylation sites is 1. The molecule has 1 unspecified atom stereocenters. The van der Waals surface area contributed by atoms with Gasteiger partial charge in [-0.25, -0.2) is 9.59 Å². The van der Waals surface area contributed by atoms with Crippen molar-refractivity contribution in [1.29, 1.82) is 0 Å². The Morgan fingerprint density at radius 3 is 2.30 bits per heavy atom. The Balaban J connectivity index is 1.49. The van der Waals surface area contributed by atoms with Crippen LogP contribution in [-0.2, 0) is 38.6 Å². The van der Waals surface area contributed by atoms with Gasteiger partial charge in [0.25, 0.3) is 0 Å². The third-order valence-corrected chi connectivity index (χ3v) is 7.62. The largest absolute Gasteiger partial charge is 0.444 e. The van der Waals surface area contributed by atoms with Crippen LogP contribution in [0.3, 0.4) is 0 Å². The fourth-order valence-corrected chi connectivity index (χ4v) is 5.16. The second-order valence-corrected chi connectivity index (χ2v) is 13.0. The summed E-state index contributed by atoms with van der Waals surface area (Å²) in [5, 5.41) is 10.9. The first-order chi connectivity index (χ1) is 22.3. The number of nitrogens with one attached hydrogen (secondary N) is 4. The van der Waals surface area contributed by atoms with Crippen LogP contribution < -0.4 is 21.3 Å². The summed E-state index contributed by atoms with van der Waals surface area (Å²) in [4.78, 5) is 53.6. The van der Waals surface area contributed by atoms with E-state index >= 15 is 0 Å². The highest BCUT2D eigenvalue weighted by molar-refractivity contribution is 5.95. The number of carbonyl (C=O) groups excluding carboxylic acids is 4. The number of rotatable bonds is 10. The number of anilines is 1. The van der Waals surface area contributed by atoms with Crippen LogP contribution in [0.15, 0.2) is 72.8 Å². The van der Waals surface area contributed by atoms with E-state index in [1.807, 2.05) is 66.7 Å². The number of ether oxygens (including phenoxy) is 2. The second-order valence-electron chi connectivity index (χ2n) is 13.0. The van der Waals surface area contributed by atoms with Gasteiger partial charge in [-0.3, -0.25) is 9.59 Å². The summed E-state index contributed by atoms with van der Waals surface area (Å²) in [7, 11) is 1.57. The number of alkyl carbamates (subject to hydrolysis) is 1. The molecule has 0 spiro atoms. The molecule has 0 saturated heterocycles. The molecule has 5 amide bonds. The molecule has 0 aliphatic carbocycles. The zero-order valence-corrected chi connectivity index (χ0v) is 27.9. The minimum Gasteiger partial charge on any atom is -0.444 e. The first kappa shape index (κ1) is 35.0. The van der Waals surface area contributed by atoms with Crippen molar-refractivity contribution in [2.45, 2.75) is 71.4 Å². The maximum absolute atomic E-state index is 14.0. The van der Waals surface area contributed by atoms with Crippen molar-refractivity contribution in [2.24, 2.45) is 0 Å². The molecule has 3 aromatic rings. The summed E-state index contributed by atoms with van der Waals surface area (Å²) in [5.41, 5.74) is 3.46. The smallest absolute Gasteiger partial charge is 0.408 e. The summed E-state index contributed by atoms with van der Waals surface area (Å²) >= 11 is 0. The maximum atomic E-state index is 14.0. The lowest BCUT2D eigenvalue weighted by Gasteiger charge is -2.34. The number of hydrogen-bond donors (Lipinski definition) is 4. The molecule has 0 aromatic heterocycles. The monoisotopic (exact) mass is 643 g/mol. The minimum absolute atomic E-state index is 0.0561. The fourth-order valence-electron chi connectivity index (χ4n) is 5.16. The highest BCUT2D eigenvalue weighted by atomic mass is 16.6. The van der Waals surface area contributed by atoms with Crippen LogP contribution in [0.4, 0.5) is 15.3 Å². The molecule has 1 aliphatic rings. The Labute approximate surface area is 276 Å². The summed E-state index contributed by atoms with van der Waals surface area (Å²) in [5.74, 6) is -0.828. The minimum atomic E-state index is -1.37. The van der Waals surface area contributed by atoms with Crippen molar-refractivity contribution in [3.8, 4) is 11.1 Å². The van der Waals surface area contributed by atoms with Gasteiger partial charge in [-0.05, 0) is 69.4 Å². The third-order valence-electron chi connectivity index (χ3n) is 7.62. The van der Waals surface area contributed by atoms with Crippen molar-refractivity contribution in [1.82, 2.24) is 20.9 Å². The Kier molecular flexibility index (Phi) is 11.3. The molecule has 11 nitrogen and oxygen atoms in total. The molecule has 250 valence electrons. The standard InChI is InChI=1S/C36H45N5O6/c1-35(2,3)47-34(45)40-36(4,5)32(43)38-30(23-46-22-24-12-8-7-9-13-24)31(42)41-19-18-25-20-26(16-17-27(25)21-41)28-14-10-11-15-29(28)39-33(44)37-6/h7-17,20,30H,18-19,21-23H2,1-6H3,(H,38,43)(H,40,45)(H2,37,39,44). The maximum Gasteiger partial charge on any atom is 0.408 e. The normalized spacial score (nSPS) is 13.5. The second kappa shape index (κ2) is 15.1. The van der Waals surface area contributed by atoms with Crippen LogP contribution in [0.25, 0.3) is 11.1 Å².